The average Bonchev–Trinajstić information content (AvgIpc) is 2.39. The lowest BCUT2D eigenvalue weighted by atomic mass is 10.1. The largest absolute Gasteiger partial charge is 0.333 e. The number of hydrogen-bond acceptors (Lipinski definition) is 2. The SMILES string of the molecule is CCCC1CNCCN1C(=O)c1ccc(C)cc1Br.Cl. The fourth-order valence-corrected chi connectivity index (χ4v) is 3.23. The molecule has 1 atom stereocenters. The summed E-state index contributed by atoms with van der Waals surface area (Å²) in [6.07, 6.45) is 2.16. The van der Waals surface area contributed by atoms with Crippen LogP contribution in [0.15, 0.2) is 22.7 Å². The van der Waals surface area contributed by atoms with Gasteiger partial charge >= 0.3 is 0 Å². The van der Waals surface area contributed by atoms with E-state index in [-0.39, 0.29) is 18.3 Å². The zero-order valence-corrected chi connectivity index (χ0v) is 14.4. The number of benzene rings is 1. The molecule has 1 fully saturated rings. The summed E-state index contributed by atoms with van der Waals surface area (Å²) in [5, 5.41) is 3.37. The Bertz CT molecular complexity index is 465. The summed E-state index contributed by atoms with van der Waals surface area (Å²) < 4.78 is 0.895. The van der Waals surface area contributed by atoms with E-state index in [1.54, 1.807) is 0 Å². The molecule has 5 heteroatoms. The molecule has 112 valence electrons. The lowest BCUT2D eigenvalue weighted by Gasteiger charge is -2.36. The highest BCUT2D eigenvalue weighted by molar-refractivity contribution is 9.10. The third kappa shape index (κ3) is 3.96. The molecule has 1 aromatic rings. The van der Waals surface area contributed by atoms with E-state index in [0.717, 1.165) is 48.1 Å². The normalized spacial score (nSPS) is 18.6. The Balaban J connectivity index is 0.00000200. The predicted molar refractivity (Wildman–Crippen MR) is 88.7 cm³/mol. The van der Waals surface area contributed by atoms with Crippen LogP contribution in [0.2, 0.25) is 0 Å². The number of carbonyl (C=O) groups is 1. The molecule has 20 heavy (non-hydrogen) atoms. The van der Waals surface area contributed by atoms with Gasteiger partial charge in [-0.05, 0) is 47.0 Å². The standard InChI is InChI=1S/C15H21BrN2O.ClH/c1-3-4-12-10-17-7-8-18(12)15(19)13-6-5-11(2)9-14(13)16;/h5-6,9,12,17H,3-4,7-8,10H2,1-2H3;1H. The maximum absolute atomic E-state index is 12.7. The van der Waals surface area contributed by atoms with Crippen LogP contribution in [0.5, 0.6) is 0 Å². The summed E-state index contributed by atoms with van der Waals surface area (Å²) >= 11 is 3.51. The van der Waals surface area contributed by atoms with E-state index in [9.17, 15) is 4.79 Å². The first-order valence-electron chi connectivity index (χ1n) is 6.91. The molecule has 0 radical (unpaired) electrons. The highest BCUT2D eigenvalue weighted by atomic mass is 79.9. The van der Waals surface area contributed by atoms with Crippen molar-refractivity contribution in [3.05, 3.63) is 33.8 Å². The molecule has 0 spiro atoms. The van der Waals surface area contributed by atoms with Crippen LogP contribution in [-0.2, 0) is 0 Å². The van der Waals surface area contributed by atoms with Gasteiger partial charge in [0.05, 0.1) is 5.56 Å². The molecular weight excluding hydrogens is 340 g/mol. The van der Waals surface area contributed by atoms with Crippen LogP contribution < -0.4 is 5.32 Å². The van der Waals surface area contributed by atoms with Crippen LogP contribution in [0.3, 0.4) is 0 Å². The quantitative estimate of drug-likeness (QED) is 0.895. The van der Waals surface area contributed by atoms with Crippen molar-refractivity contribution in [3.8, 4) is 0 Å². The van der Waals surface area contributed by atoms with Gasteiger partial charge in [-0.25, -0.2) is 0 Å². The number of carbonyl (C=O) groups excluding carboxylic acids is 1. The molecule has 2 rings (SSSR count). The first-order chi connectivity index (χ1) is 9.13. The first-order valence-corrected chi connectivity index (χ1v) is 7.70. The summed E-state index contributed by atoms with van der Waals surface area (Å²) in [5.41, 5.74) is 1.93. The first kappa shape index (κ1) is 17.5. The van der Waals surface area contributed by atoms with Gasteiger partial charge in [-0.2, -0.15) is 0 Å². The summed E-state index contributed by atoms with van der Waals surface area (Å²) in [5.74, 6) is 0.145. The minimum atomic E-state index is 0. The molecule has 1 saturated heterocycles. The van der Waals surface area contributed by atoms with Gasteiger partial charge in [0.25, 0.3) is 5.91 Å². The number of hydrogen-bond donors (Lipinski definition) is 1. The minimum absolute atomic E-state index is 0. The maximum Gasteiger partial charge on any atom is 0.255 e. The van der Waals surface area contributed by atoms with Gasteiger partial charge in [0.1, 0.15) is 0 Å². The lowest BCUT2D eigenvalue weighted by molar-refractivity contribution is 0.0623. The molecule has 1 aliphatic rings. The summed E-state index contributed by atoms with van der Waals surface area (Å²) in [4.78, 5) is 14.7. The predicted octanol–water partition coefficient (Wildman–Crippen LogP) is 3.39. The lowest BCUT2D eigenvalue weighted by Crippen LogP contribution is -2.53. The molecule has 1 unspecified atom stereocenters. The van der Waals surface area contributed by atoms with Crippen LogP contribution in [0.25, 0.3) is 0 Å². The Hall–Kier alpha value is -0.580. The van der Waals surface area contributed by atoms with Crippen molar-refractivity contribution in [2.45, 2.75) is 32.7 Å². The number of piperazine rings is 1. The third-order valence-electron chi connectivity index (χ3n) is 3.59. The van der Waals surface area contributed by atoms with Crippen molar-refractivity contribution < 1.29 is 4.79 Å². The molecule has 0 aliphatic carbocycles. The van der Waals surface area contributed by atoms with Crippen molar-refractivity contribution in [3.63, 3.8) is 0 Å². The van der Waals surface area contributed by atoms with Gasteiger partial charge < -0.3 is 10.2 Å². The smallest absolute Gasteiger partial charge is 0.255 e. The van der Waals surface area contributed by atoms with Crippen molar-refractivity contribution in [2.24, 2.45) is 0 Å². The van der Waals surface area contributed by atoms with Crippen molar-refractivity contribution >= 4 is 34.2 Å². The van der Waals surface area contributed by atoms with E-state index in [1.165, 1.54) is 0 Å². The van der Waals surface area contributed by atoms with E-state index in [2.05, 4.69) is 28.2 Å². The minimum Gasteiger partial charge on any atom is -0.333 e. The van der Waals surface area contributed by atoms with Crippen molar-refractivity contribution in [1.82, 2.24) is 10.2 Å². The highest BCUT2D eigenvalue weighted by Gasteiger charge is 2.27. The van der Waals surface area contributed by atoms with E-state index in [0.29, 0.717) is 6.04 Å². The van der Waals surface area contributed by atoms with E-state index < -0.39 is 0 Å². The molecular formula is C15H22BrClN2O. The Labute approximate surface area is 135 Å². The second kappa shape index (κ2) is 8.01. The Kier molecular flexibility index (Phi) is 7.00. The molecule has 1 aromatic carbocycles. The zero-order chi connectivity index (χ0) is 13.8. The van der Waals surface area contributed by atoms with Gasteiger partial charge in [0, 0.05) is 30.1 Å². The van der Waals surface area contributed by atoms with Crippen LogP contribution >= 0.6 is 28.3 Å². The van der Waals surface area contributed by atoms with Crippen molar-refractivity contribution in [1.29, 1.82) is 0 Å². The Morgan fingerprint density at radius 3 is 2.90 bits per heavy atom. The molecule has 1 amide bonds. The Morgan fingerprint density at radius 1 is 1.50 bits per heavy atom. The number of aryl methyl sites for hydroxylation is 1. The topological polar surface area (TPSA) is 32.3 Å². The number of nitrogens with one attached hydrogen (secondary N) is 1. The van der Waals surface area contributed by atoms with E-state index >= 15 is 0 Å². The highest BCUT2D eigenvalue weighted by Crippen LogP contribution is 2.22. The monoisotopic (exact) mass is 360 g/mol. The second-order valence-corrected chi connectivity index (χ2v) is 5.98. The van der Waals surface area contributed by atoms with Crippen molar-refractivity contribution in [2.75, 3.05) is 19.6 Å². The fraction of sp³-hybridized carbons (Fsp3) is 0.533. The molecule has 1 N–H and O–H groups in total. The molecule has 1 heterocycles. The molecule has 1 aliphatic heterocycles. The van der Waals surface area contributed by atoms with E-state index in [4.69, 9.17) is 0 Å². The second-order valence-electron chi connectivity index (χ2n) is 5.13. The maximum atomic E-state index is 12.7. The number of rotatable bonds is 3. The third-order valence-corrected chi connectivity index (χ3v) is 4.24. The average molecular weight is 362 g/mol. The van der Waals surface area contributed by atoms with Crippen LogP contribution in [0.4, 0.5) is 0 Å². The number of halogens is 2. The Morgan fingerprint density at radius 2 is 2.25 bits per heavy atom. The number of nitrogens with zero attached hydrogens (tertiary/aromatic N) is 1. The van der Waals surface area contributed by atoms with Gasteiger partial charge in [-0.1, -0.05) is 19.4 Å². The summed E-state index contributed by atoms with van der Waals surface area (Å²) in [6.45, 7) is 6.78. The van der Waals surface area contributed by atoms with Crippen LogP contribution in [0.1, 0.15) is 35.7 Å². The molecule has 0 saturated carbocycles. The summed E-state index contributed by atoms with van der Waals surface area (Å²) in [7, 11) is 0. The molecule has 0 bridgehead atoms. The summed E-state index contributed by atoms with van der Waals surface area (Å²) in [6, 6.07) is 6.24. The van der Waals surface area contributed by atoms with Gasteiger partial charge in [0.2, 0.25) is 0 Å². The zero-order valence-electron chi connectivity index (χ0n) is 12.0. The molecule has 0 aromatic heterocycles. The van der Waals surface area contributed by atoms with Gasteiger partial charge in [-0.3, -0.25) is 4.79 Å². The number of amides is 1. The molecule has 3 nitrogen and oxygen atoms in total. The van der Waals surface area contributed by atoms with Gasteiger partial charge in [0.15, 0.2) is 0 Å². The van der Waals surface area contributed by atoms with Gasteiger partial charge in [-0.15, -0.1) is 12.4 Å². The fourth-order valence-electron chi connectivity index (χ4n) is 2.57. The van der Waals surface area contributed by atoms with E-state index in [1.807, 2.05) is 30.0 Å². The van der Waals surface area contributed by atoms with Crippen LogP contribution in [0, 0.1) is 6.92 Å². The van der Waals surface area contributed by atoms with Crippen LogP contribution in [-0.4, -0.2) is 36.5 Å².